The number of unbranched alkanes of at least 4 members (excludes halogenated alkanes) is 3. The van der Waals surface area contributed by atoms with Gasteiger partial charge in [0.15, 0.2) is 0 Å². The fourth-order valence-corrected chi connectivity index (χ4v) is 1.78. The summed E-state index contributed by atoms with van der Waals surface area (Å²) in [6.07, 6.45) is 7.82. The van der Waals surface area contributed by atoms with E-state index in [4.69, 9.17) is 0 Å². The molecule has 0 bridgehead atoms. The van der Waals surface area contributed by atoms with Crippen LogP contribution in [-0.4, -0.2) is 11.2 Å². The molecule has 1 saturated carbocycles. The van der Waals surface area contributed by atoms with Crippen LogP contribution in [0.3, 0.4) is 0 Å². The highest BCUT2D eigenvalue weighted by Crippen LogP contribution is 2.24. The van der Waals surface area contributed by atoms with Gasteiger partial charge in [-0.25, -0.2) is 0 Å². The van der Waals surface area contributed by atoms with Gasteiger partial charge in [0.05, 0.1) is 6.10 Å². The van der Waals surface area contributed by atoms with Crippen molar-refractivity contribution in [2.75, 3.05) is 0 Å². The predicted molar refractivity (Wildman–Crippen MR) is 55.3 cm³/mol. The molecule has 1 aliphatic carbocycles. The summed E-state index contributed by atoms with van der Waals surface area (Å²) < 4.78 is 0. The van der Waals surface area contributed by atoms with Crippen LogP contribution in [0.15, 0.2) is 0 Å². The third-order valence-electron chi connectivity index (χ3n) is 2.67. The number of aliphatic hydroxyl groups is 1. The molecule has 13 heavy (non-hydrogen) atoms. The fraction of sp³-hybridized carbons (Fsp3) is 0.833. The van der Waals surface area contributed by atoms with Gasteiger partial charge in [0, 0.05) is 12.3 Å². The summed E-state index contributed by atoms with van der Waals surface area (Å²) in [7, 11) is 0. The summed E-state index contributed by atoms with van der Waals surface area (Å²) in [5, 5.41) is 9.49. The van der Waals surface area contributed by atoms with Crippen molar-refractivity contribution in [3.63, 3.8) is 0 Å². The maximum absolute atomic E-state index is 9.49. The first-order valence-electron chi connectivity index (χ1n) is 5.51. The minimum absolute atomic E-state index is 0.140. The van der Waals surface area contributed by atoms with E-state index >= 15 is 0 Å². The number of rotatable bonds is 3. The average molecular weight is 180 g/mol. The molecule has 0 spiro atoms. The summed E-state index contributed by atoms with van der Waals surface area (Å²) in [5.41, 5.74) is 0. The van der Waals surface area contributed by atoms with Gasteiger partial charge < -0.3 is 5.11 Å². The summed E-state index contributed by atoms with van der Waals surface area (Å²) in [4.78, 5) is 0. The Labute approximate surface area is 81.5 Å². The van der Waals surface area contributed by atoms with Gasteiger partial charge in [0.25, 0.3) is 0 Å². The normalized spacial score (nSPS) is 26.9. The van der Waals surface area contributed by atoms with Crippen molar-refractivity contribution >= 4 is 0 Å². The lowest BCUT2D eigenvalue weighted by Crippen LogP contribution is -2.10. The molecule has 0 aromatic rings. The van der Waals surface area contributed by atoms with Crippen LogP contribution in [0.5, 0.6) is 0 Å². The van der Waals surface area contributed by atoms with E-state index in [0.29, 0.717) is 0 Å². The Bertz CT molecular complexity index is 187. The first-order valence-corrected chi connectivity index (χ1v) is 5.51. The molecule has 1 rings (SSSR count). The van der Waals surface area contributed by atoms with Crippen molar-refractivity contribution in [2.45, 2.75) is 58.0 Å². The van der Waals surface area contributed by atoms with Gasteiger partial charge in [-0.05, 0) is 25.7 Å². The molecule has 1 fully saturated rings. The van der Waals surface area contributed by atoms with Crippen molar-refractivity contribution in [3.05, 3.63) is 0 Å². The third-order valence-corrected chi connectivity index (χ3v) is 2.67. The number of hydrogen-bond donors (Lipinski definition) is 1. The van der Waals surface area contributed by atoms with Crippen LogP contribution in [-0.2, 0) is 0 Å². The maximum atomic E-state index is 9.49. The lowest BCUT2D eigenvalue weighted by molar-refractivity contribution is 0.157. The lowest BCUT2D eigenvalue weighted by Gasteiger charge is -2.04. The van der Waals surface area contributed by atoms with E-state index in [9.17, 15) is 5.11 Å². The van der Waals surface area contributed by atoms with Gasteiger partial charge in [0.1, 0.15) is 0 Å². The highest BCUT2D eigenvalue weighted by molar-refractivity contribution is 5.07. The molecule has 2 atom stereocenters. The van der Waals surface area contributed by atoms with Crippen molar-refractivity contribution in [3.8, 4) is 11.8 Å². The molecule has 0 amide bonds. The van der Waals surface area contributed by atoms with Gasteiger partial charge in [-0.3, -0.25) is 0 Å². The Morgan fingerprint density at radius 3 is 2.77 bits per heavy atom. The van der Waals surface area contributed by atoms with E-state index in [1.165, 1.54) is 19.3 Å². The Balaban J connectivity index is 2.14. The Kier molecular flexibility index (Phi) is 4.93. The molecule has 1 nitrogen and oxygen atoms in total. The monoisotopic (exact) mass is 180 g/mol. The molecule has 0 aliphatic heterocycles. The van der Waals surface area contributed by atoms with E-state index in [2.05, 4.69) is 18.8 Å². The predicted octanol–water partition coefficient (Wildman–Crippen LogP) is 2.73. The third kappa shape index (κ3) is 3.83. The SMILES string of the molecule is CCCCCC#C[C@@H]1CCC[C@H]1O. The second kappa shape index (κ2) is 6.05. The molecule has 1 heteroatoms. The van der Waals surface area contributed by atoms with Crippen LogP contribution in [0.25, 0.3) is 0 Å². The molecule has 1 aliphatic rings. The molecule has 0 saturated heterocycles. The molecule has 0 aromatic heterocycles. The van der Waals surface area contributed by atoms with Crippen LogP contribution in [0.2, 0.25) is 0 Å². The van der Waals surface area contributed by atoms with E-state index < -0.39 is 0 Å². The highest BCUT2D eigenvalue weighted by atomic mass is 16.3. The Hall–Kier alpha value is -0.480. The Morgan fingerprint density at radius 2 is 2.15 bits per heavy atom. The first kappa shape index (κ1) is 10.6. The van der Waals surface area contributed by atoms with Crippen LogP contribution in [0.1, 0.15) is 51.9 Å². The molecule has 0 unspecified atom stereocenters. The van der Waals surface area contributed by atoms with Crippen molar-refractivity contribution in [1.29, 1.82) is 0 Å². The summed E-state index contributed by atoms with van der Waals surface area (Å²) in [6, 6.07) is 0. The summed E-state index contributed by atoms with van der Waals surface area (Å²) in [5.74, 6) is 6.65. The molecular formula is C12H20O. The van der Waals surface area contributed by atoms with Crippen molar-refractivity contribution in [2.24, 2.45) is 5.92 Å². The summed E-state index contributed by atoms with van der Waals surface area (Å²) in [6.45, 7) is 2.20. The van der Waals surface area contributed by atoms with E-state index in [1.807, 2.05) is 0 Å². The molecular weight excluding hydrogens is 160 g/mol. The minimum atomic E-state index is -0.140. The van der Waals surface area contributed by atoms with Gasteiger partial charge in [0.2, 0.25) is 0 Å². The second-order valence-corrected chi connectivity index (χ2v) is 3.88. The average Bonchev–Trinajstić information content (AvgIpc) is 2.52. The smallest absolute Gasteiger partial charge is 0.0677 e. The van der Waals surface area contributed by atoms with E-state index in [1.54, 1.807) is 0 Å². The standard InChI is InChI=1S/C12H20O/c1-2-3-4-5-6-8-11-9-7-10-12(11)13/h11-13H,2-5,7,9-10H2,1H3/t11-,12-/m1/s1. The van der Waals surface area contributed by atoms with Gasteiger partial charge in [-0.2, -0.15) is 0 Å². The van der Waals surface area contributed by atoms with Crippen molar-refractivity contribution < 1.29 is 5.11 Å². The van der Waals surface area contributed by atoms with E-state index in [0.717, 1.165) is 25.7 Å². The minimum Gasteiger partial charge on any atom is -0.392 e. The lowest BCUT2D eigenvalue weighted by atomic mass is 10.1. The van der Waals surface area contributed by atoms with Gasteiger partial charge in [-0.1, -0.05) is 25.7 Å². The van der Waals surface area contributed by atoms with Crippen LogP contribution >= 0.6 is 0 Å². The summed E-state index contributed by atoms with van der Waals surface area (Å²) >= 11 is 0. The zero-order chi connectivity index (χ0) is 9.52. The molecule has 0 radical (unpaired) electrons. The molecule has 0 heterocycles. The second-order valence-electron chi connectivity index (χ2n) is 3.88. The molecule has 0 aromatic carbocycles. The molecule has 74 valence electrons. The van der Waals surface area contributed by atoms with Crippen LogP contribution in [0.4, 0.5) is 0 Å². The molecule has 1 N–H and O–H groups in total. The van der Waals surface area contributed by atoms with Gasteiger partial charge >= 0.3 is 0 Å². The largest absolute Gasteiger partial charge is 0.392 e. The zero-order valence-electron chi connectivity index (χ0n) is 8.55. The fourth-order valence-electron chi connectivity index (χ4n) is 1.78. The maximum Gasteiger partial charge on any atom is 0.0677 e. The van der Waals surface area contributed by atoms with Crippen molar-refractivity contribution in [1.82, 2.24) is 0 Å². The van der Waals surface area contributed by atoms with Crippen LogP contribution < -0.4 is 0 Å². The highest BCUT2D eigenvalue weighted by Gasteiger charge is 2.22. The topological polar surface area (TPSA) is 20.2 Å². The van der Waals surface area contributed by atoms with Crippen LogP contribution in [0, 0.1) is 17.8 Å². The quantitative estimate of drug-likeness (QED) is 0.523. The number of aliphatic hydroxyl groups excluding tert-OH is 1. The van der Waals surface area contributed by atoms with E-state index in [-0.39, 0.29) is 12.0 Å². The number of hydrogen-bond acceptors (Lipinski definition) is 1. The first-order chi connectivity index (χ1) is 6.34. The zero-order valence-corrected chi connectivity index (χ0v) is 8.55. The Morgan fingerprint density at radius 1 is 1.31 bits per heavy atom. The van der Waals surface area contributed by atoms with Gasteiger partial charge in [-0.15, -0.1) is 5.92 Å².